The molecule has 0 saturated heterocycles. The summed E-state index contributed by atoms with van der Waals surface area (Å²) in [6, 6.07) is 4.05. The molecule has 31 heavy (non-hydrogen) atoms. The molecule has 1 N–H and O–H groups in total. The van der Waals surface area contributed by atoms with E-state index in [0.717, 1.165) is 12.3 Å². The number of amides is 1. The smallest absolute Gasteiger partial charge is 0.221 e. The molecule has 1 heterocycles. The summed E-state index contributed by atoms with van der Waals surface area (Å²) in [6.07, 6.45) is 0.934. The quantitative estimate of drug-likeness (QED) is 0.741. The zero-order valence-corrected chi connectivity index (χ0v) is 18.3. The molecule has 0 bridgehead atoms. The van der Waals surface area contributed by atoms with E-state index in [2.05, 4.69) is 10.3 Å². The van der Waals surface area contributed by atoms with Crippen LogP contribution in [0.1, 0.15) is 56.2 Å². The number of carbonyl (C=O) groups is 3. The first-order valence-electron chi connectivity index (χ1n) is 10.2. The minimum absolute atomic E-state index is 0.0000436. The molecule has 1 amide bonds. The van der Waals surface area contributed by atoms with E-state index in [1.165, 1.54) is 0 Å². The largest absolute Gasteiger partial charge is 0.351 e. The van der Waals surface area contributed by atoms with Crippen LogP contribution in [0.25, 0.3) is 11.3 Å². The Bertz CT molecular complexity index is 1050. The van der Waals surface area contributed by atoms with Crippen molar-refractivity contribution in [1.82, 2.24) is 10.3 Å². The van der Waals surface area contributed by atoms with Crippen LogP contribution in [0.5, 0.6) is 0 Å². The summed E-state index contributed by atoms with van der Waals surface area (Å²) < 4.78 is 27.4. The van der Waals surface area contributed by atoms with Crippen molar-refractivity contribution in [2.24, 2.45) is 5.92 Å². The van der Waals surface area contributed by atoms with Crippen LogP contribution in [0.15, 0.2) is 24.4 Å². The third kappa shape index (κ3) is 4.86. The SMILES string of the molecule is Cc1cc(-c2ncc(F)cc2F)cc(C)c1C1C(=O)C[C@@H](CC(=O)NC(C)(C)C)C1=O. The number of benzene rings is 1. The fraction of sp³-hybridized carbons (Fsp3) is 0.417. The Morgan fingerprint density at radius 3 is 2.29 bits per heavy atom. The minimum Gasteiger partial charge on any atom is -0.351 e. The molecule has 1 unspecified atom stereocenters. The molecule has 1 saturated carbocycles. The van der Waals surface area contributed by atoms with Crippen LogP contribution in [0.2, 0.25) is 0 Å². The van der Waals surface area contributed by atoms with Crippen molar-refractivity contribution in [2.75, 3.05) is 0 Å². The number of ketones is 2. The second-order valence-electron chi connectivity index (χ2n) is 9.21. The molecule has 0 radical (unpaired) electrons. The summed E-state index contributed by atoms with van der Waals surface area (Å²) in [5.41, 5.74) is 1.89. The van der Waals surface area contributed by atoms with E-state index in [9.17, 15) is 23.2 Å². The summed E-state index contributed by atoms with van der Waals surface area (Å²) >= 11 is 0. The summed E-state index contributed by atoms with van der Waals surface area (Å²) in [7, 11) is 0. The molecule has 5 nitrogen and oxygen atoms in total. The van der Waals surface area contributed by atoms with Gasteiger partial charge in [-0.2, -0.15) is 0 Å². The van der Waals surface area contributed by atoms with Crippen LogP contribution in [0.4, 0.5) is 8.78 Å². The van der Waals surface area contributed by atoms with Gasteiger partial charge in [0, 0.05) is 35.9 Å². The van der Waals surface area contributed by atoms with E-state index >= 15 is 0 Å². The lowest BCUT2D eigenvalue weighted by molar-refractivity contribution is -0.129. The van der Waals surface area contributed by atoms with Crippen molar-refractivity contribution < 1.29 is 23.2 Å². The van der Waals surface area contributed by atoms with Gasteiger partial charge in [-0.3, -0.25) is 19.4 Å². The van der Waals surface area contributed by atoms with Crippen molar-refractivity contribution in [3.8, 4) is 11.3 Å². The molecule has 1 aliphatic carbocycles. The fourth-order valence-electron chi connectivity index (χ4n) is 4.22. The first kappa shape index (κ1) is 22.7. The number of aromatic nitrogens is 1. The Hall–Kier alpha value is -2.96. The highest BCUT2D eigenvalue weighted by Gasteiger charge is 2.44. The lowest BCUT2D eigenvalue weighted by Crippen LogP contribution is -2.41. The van der Waals surface area contributed by atoms with Crippen LogP contribution >= 0.6 is 0 Å². The average Bonchev–Trinajstić information content (AvgIpc) is 2.87. The van der Waals surface area contributed by atoms with Crippen LogP contribution in [-0.2, 0) is 14.4 Å². The molecule has 2 atom stereocenters. The number of nitrogens with zero attached hydrogens (tertiary/aromatic N) is 1. The van der Waals surface area contributed by atoms with Crippen LogP contribution in [0, 0.1) is 31.4 Å². The Morgan fingerprint density at radius 2 is 1.74 bits per heavy atom. The standard InChI is InChI=1S/C24H26F2N2O3/c1-12-6-14(22-17(26)10-16(25)11-27-22)7-13(2)20(12)21-18(29)8-15(23(21)31)9-19(30)28-24(3,4)5/h6-7,10-11,15,21H,8-9H2,1-5H3,(H,28,30)/t15-,21?/m0/s1. The number of hydrogen-bond acceptors (Lipinski definition) is 4. The van der Waals surface area contributed by atoms with Gasteiger partial charge < -0.3 is 5.32 Å². The number of halogens is 2. The van der Waals surface area contributed by atoms with Crippen molar-refractivity contribution >= 4 is 17.5 Å². The van der Waals surface area contributed by atoms with E-state index in [4.69, 9.17) is 0 Å². The maximum absolute atomic E-state index is 14.2. The van der Waals surface area contributed by atoms with Gasteiger partial charge in [0.2, 0.25) is 5.91 Å². The van der Waals surface area contributed by atoms with Gasteiger partial charge in [-0.25, -0.2) is 8.78 Å². The van der Waals surface area contributed by atoms with Crippen molar-refractivity contribution in [3.05, 3.63) is 52.7 Å². The number of Topliss-reactive ketones (excluding diaryl/α,β-unsaturated/α-hetero) is 2. The summed E-state index contributed by atoms with van der Waals surface area (Å²) in [6.45, 7) is 9.04. The molecule has 1 aromatic carbocycles. The highest BCUT2D eigenvalue weighted by atomic mass is 19.1. The summed E-state index contributed by atoms with van der Waals surface area (Å²) in [5, 5.41) is 2.82. The maximum Gasteiger partial charge on any atom is 0.221 e. The molecule has 164 valence electrons. The van der Waals surface area contributed by atoms with Gasteiger partial charge in [-0.05, 0) is 63.4 Å². The molecule has 1 aliphatic rings. The molecule has 7 heteroatoms. The summed E-state index contributed by atoms with van der Waals surface area (Å²) in [5.74, 6) is -3.90. The third-order valence-electron chi connectivity index (χ3n) is 5.37. The Kier molecular flexibility index (Phi) is 6.07. The molecular formula is C24H26F2N2O3. The van der Waals surface area contributed by atoms with Crippen LogP contribution in [-0.4, -0.2) is 28.0 Å². The molecule has 3 rings (SSSR count). The number of aryl methyl sites for hydroxylation is 2. The average molecular weight is 428 g/mol. The van der Waals surface area contributed by atoms with Gasteiger partial charge in [-0.1, -0.05) is 0 Å². The van der Waals surface area contributed by atoms with Crippen molar-refractivity contribution in [2.45, 2.75) is 58.9 Å². The van der Waals surface area contributed by atoms with E-state index in [0.29, 0.717) is 22.3 Å². The van der Waals surface area contributed by atoms with Gasteiger partial charge in [0.15, 0.2) is 11.6 Å². The first-order chi connectivity index (χ1) is 14.4. The number of nitrogens with one attached hydrogen (secondary N) is 1. The summed E-state index contributed by atoms with van der Waals surface area (Å²) in [4.78, 5) is 41.9. The van der Waals surface area contributed by atoms with Gasteiger partial charge in [0.1, 0.15) is 23.2 Å². The van der Waals surface area contributed by atoms with Gasteiger partial charge in [-0.15, -0.1) is 0 Å². The predicted octanol–water partition coefficient (Wildman–Crippen LogP) is 4.19. The highest BCUT2D eigenvalue weighted by molar-refractivity contribution is 6.15. The predicted molar refractivity (Wildman–Crippen MR) is 112 cm³/mol. The van der Waals surface area contributed by atoms with Gasteiger partial charge >= 0.3 is 0 Å². The molecule has 1 aromatic heterocycles. The van der Waals surface area contributed by atoms with E-state index < -0.39 is 29.0 Å². The zero-order valence-electron chi connectivity index (χ0n) is 18.3. The van der Waals surface area contributed by atoms with Gasteiger partial charge in [0.05, 0.1) is 6.20 Å². The second-order valence-corrected chi connectivity index (χ2v) is 9.21. The molecule has 0 aliphatic heterocycles. The minimum atomic E-state index is -0.937. The van der Waals surface area contributed by atoms with Gasteiger partial charge in [0.25, 0.3) is 0 Å². The second kappa shape index (κ2) is 8.29. The topological polar surface area (TPSA) is 76.1 Å². The normalized spacial score (nSPS) is 19.1. The Morgan fingerprint density at radius 1 is 1.13 bits per heavy atom. The number of rotatable bonds is 4. The molecule has 2 aromatic rings. The monoisotopic (exact) mass is 428 g/mol. The zero-order chi connectivity index (χ0) is 23.1. The maximum atomic E-state index is 14.2. The van der Waals surface area contributed by atoms with E-state index in [-0.39, 0.29) is 36.0 Å². The Labute approximate surface area is 180 Å². The van der Waals surface area contributed by atoms with E-state index in [1.54, 1.807) is 26.0 Å². The Balaban J connectivity index is 1.89. The first-order valence-corrected chi connectivity index (χ1v) is 10.2. The van der Waals surface area contributed by atoms with Crippen molar-refractivity contribution in [3.63, 3.8) is 0 Å². The molecular weight excluding hydrogens is 402 g/mol. The highest BCUT2D eigenvalue weighted by Crippen LogP contribution is 2.38. The number of hydrogen-bond donors (Lipinski definition) is 1. The third-order valence-corrected chi connectivity index (χ3v) is 5.37. The van der Waals surface area contributed by atoms with Crippen molar-refractivity contribution in [1.29, 1.82) is 0 Å². The molecule has 1 fully saturated rings. The number of carbonyl (C=O) groups excluding carboxylic acids is 3. The van der Waals surface area contributed by atoms with Crippen LogP contribution < -0.4 is 5.32 Å². The lowest BCUT2D eigenvalue weighted by atomic mass is 9.85. The molecule has 0 spiro atoms. The fourth-order valence-corrected chi connectivity index (χ4v) is 4.22. The van der Waals surface area contributed by atoms with E-state index in [1.807, 2.05) is 20.8 Å². The lowest BCUT2D eigenvalue weighted by Gasteiger charge is -2.21. The number of pyridine rings is 1. The van der Waals surface area contributed by atoms with Crippen LogP contribution in [0.3, 0.4) is 0 Å².